The molecule has 0 fully saturated rings. The lowest BCUT2D eigenvalue weighted by atomic mass is 10.1. The van der Waals surface area contributed by atoms with Crippen LogP contribution in [0.1, 0.15) is 22.0 Å². The molecule has 2 rings (SSSR count). The molecular weight excluding hydrogens is 279 g/mol. The Kier molecular flexibility index (Phi) is 3.88. The Morgan fingerprint density at radius 3 is 2.76 bits per heavy atom. The number of carbonyl (C=O) groups excluding carboxylic acids is 1. The summed E-state index contributed by atoms with van der Waals surface area (Å²) in [6.07, 6.45) is 2.79. The number of halogens is 1. The monoisotopic (exact) mass is 292 g/mol. The van der Waals surface area contributed by atoms with Crippen molar-refractivity contribution in [2.24, 2.45) is 7.05 Å². The molecule has 8 heteroatoms. The van der Waals surface area contributed by atoms with Gasteiger partial charge in [0.25, 0.3) is 5.91 Å². The molecule has 21 heavy (non-hydrogen) atoms. The standard InChI is InChI=1S/C13H13FN4O3/c1-18-6-7(5-16-18)11(13(20)21)17-12(19)8-3-2-4-9(14)10(8)15/h2-6,11H,15H2,1H3,(H,17,19)(H,20,21). The van der Waals surface area contributed by atoms with Crippen molar-refractivity contribution >= 4 is 17.6 Å². The molecule has 1 aromatic heterocycles. The fraction of sp³-hybridized carbons (Fsp3) is 0.154. The maximum Gasteiger partial charge on any atom is 0.331 e. The highest BCUT2D eigenvalue weighted by Crippen LogP contribution is 2.18. The molecule has 0 spiro atoms. The number of carbonyl (C=O) groups is 2. The van der Waals surface area contributed by atoms with Gasteiger partial charge >= 0.3 is 5.97 Å². The first-order valence-electron chi connectivity index (χ1n) is 5.96. The lowest BCUT2D eigenvalue weighted by Crippen LogP contribution is -2.34. The lowest BCUT2D eigenvalue weighted by Gasteiger charge is -2.14. The summed E-state index contributed by atoms with van der Waals surface area (Å²) in [6.45, 7) is 0. The number of nitrogens with two attached hydrogens (primary N) is 1. The van der Waals surface area contributed by atoms with Crippen LogP contribution < -0.4 is 11.1 Å². The number of nitrogen functional groups attached to an aromatic ring is 1. The minimum Gasteiger partial charge on any atom is -0.479 e. The molecule has 0 radical (unpaired) electrons. The molecule has 0 saturated carbocycles. The van der Waals surface area contributed by atoms with Gasteiger partial charge in [-0.05, 0) is 12.1 Å². The number of amides is 1. The first-order chi connectivity index (χ1) is 9.90. The van der Waals surface area contributed by atoms with Crippen molar-refractivity contribution in [1.82, 2.24) is 15.1 Å². The molecule has 0 aliphatic heterocycles. The van der Waals surface area contributed by atoms with Crippen LogP contribution in [-0.4, -0.2) is 26.8 Å². The van der Waals surface area contributed by atoms with E-state index in [0.29, 0.717) is 5.56 Å². The van der Waals surface area contributed by atoms with Crippen LogP contribution in [0.5, 0.6) is 0 Å². The van der Waals surface area contributed by atoms with E-state index >= 15 is 0 Å². The molecule has 1 heterocycles. The fourth-order valence-electron chi connectivity index (χ4n) is 1.82. The fourth-order valence-corrected chi connectivity index (χ4v) is 1.82. The van der Waals surface area contributed by atoms with E-state index in [4.69, 9.17) is 5.73 Å². The number of rotatable bonds is 4. The number of nitrogens with one attached hydrogen (secondary N) is 1. The summed E-state index contributed by atoms with van der Waals surface area (Å²) in [7, 11) is 1.62. The zero-order chi connectivity index (χ0) is 15.6. The van der Waals surface area contributed by atoms with Crippen LogP contribution in [0.4, 0.5) is 10.1 Å². The van der Waals surface area contributed by atoms with Crippen LogP contribution in [0.2, 0.25) is 0 Å². The summed E-state index contributed by atoms with van der Waals surface area (Å²) in [5, 5.41) is 15.3. The summed E-state index contributed by atoms with van der Waals surface area (Å²) in [4.78, 5) is 23.3. The van der Waals surface area contributed by atoms with E-state index in [-0.39, 0.29) is 11.3 Å². The minimum absolute atomic E-state index is 0.120. The number of anilines is 1. The zero-order valence-corrected chi connectivity index (χ0v) is 11.1. The number of benzene rings is 1. The predicted octanol–water partition coefficient (Wildman–Crippen LogP) is 0.697. The second-order valence-corrected chi connectivity index (χ2v) is 4.39. The molecule has 1 atom stereocenters. The molecule has 0 aliphatic rings. The van der Waals surface area contributed by atoms with Crippen molar-refractivity contribution < 1.29 is 19.1 Å². The molecule has 1 aromatic carbocycles. The maximum atomic E-state index is 13.3. The molecular formula is C13H13FN4O3. The third-order valence-electron chi connectivity index (χ3n) is 2.88. The molecule has 1 unspecified atom stereocenters. The molecule has 0 saturated heterocycles. The molecule has 0 bridgehead atoms. The number of nitrogens with zero attached hydrogens (tertiary/aromatic N) is 2. The number of carboxylic acid groups (broad SMARTS) is 1. The number of hydrogen-bond donors (Lipinski definition) is 3. The van der Waals surface area contributed by atoms with Gasteiger partial charge in [0.15, 0.2) is 6.04 Å². The summed E-state index contributed by atoms with van der Waals surface area (Å²) in [6, 6.07) is 2.45. The smallest absolute Gasteiger partial charge is 0.331 e. The van der Waals surface area contributed by atoms with E-state index in [1.165, 1.54) is 29.2 Å². The van der Waals surface area contributed by atoms with E-state index in [2.05, 4.69) is 10.4 Å². The van der Waals surface area contributed by atoms with Crippen LogP contribution >= 0.6 is 0 Å². The third-order valence-corrected chi connectivity index (χ3v) is 2.88. The average molecular weight is 292 g/mol. The van der Waals surface area contributed by atoms with Crippen LogP contribution in [0, 0.1) is 5.82 Å². The van der Waals surface area contributed by atoms with E-state index < -0.39 is 23.7 Å². The molecule has 110 valence electrons. The Bertz CT molecular complexity index is 698. The lowest BCUT2D eigenvalue weighted by molar-refractivity contribution is -0.139. The first kappa shape index (κ1) is 14.5. The van der Waals surface area contributed by atoms with Crippen molar-refractivity contribution in [1.29, 1.82) is 0 Å². The third kappa shape index (κ3) is 2.99. The number of aryl methyl sites for hydroxylation is 1. The second-order valence-electron chi connectivity index (χ2n) is 4.39. The number of para-hydroxylation sites is 1. The highest BCUT2D eigenvalue weighted by Gasteiger charge is 2.25. The number of carboxylic acids is 1. The van der Waals surface area contributed by atoms with E-state index in [9.17, 15) is 19.1 Å². The summed E-state index contributed by atoms with van der Waals surface area (Å²) in [5.74, 6) is -2.77. The van der Waals surface area contributed by atoms with Crippen molar-refractivity contribution in [3.63, 3.8) is 0 Å². The summed E-state index contributed by atoms with van der Waals surface area (Å²) in [5.41, 5.74) is 5.33. The van der Waals surface area contributed by atoms with Gasteiger partial charge in [0, 0.05) is 18.8 Å². The topological polar surface area (TPSA) is 110 Å². The van der Waals surface area contributed by atoms with Gasteiger partial charge in [-0.3, -0.25) is 9.48 Å². The minimum atomic E-state index is -1.30. The van der Waals surface area contributed by atoms with Gasteiger partial charge in [-0.1, -0.05) is 6.07 Å². The van der Waals surface area contributed by atoms with Gasteiger partial charge in [0.1, 0.15) is 5.82 Å². The maximum absolute atomic E-state index is 13.3. The number of aromatic nitrogens is 2. The van der Waals surface area contributed by atoms with Crippen molar-refractivity contribution in [2.75, 3.05) is 5.73 Å². The van der Waals surface area contributed by atoms with Crippen LogP contribution in [0.3, 0.4) is 0 Å². The van der Waals surface area contributed by atoms with Crippen LogP contribution in [0.15, 0.2) is 30.6 Å². The Balaban J connectivity index is 2.27. The van der Waals surface area contributed by atoms with Crippen LogP contribution in [0.25, 0.3) is 0 Å². The normalized spacial score (nSPS) is 11.9. The van der Waals surface area contributed by atoms with Crippen molar-refractivity contribution in [2.45, 2.75) is 6.04 Å². The van der Waals surface area contributed by atoms with Gasteiger partial charge in [0.2, 0.25) is 0 Å². The molecule has 7 nitrogen and oxygen atoms in total. The van der Waals surface area contributed by atoms with Crippen LogP contribution in [-0.2, 0) is 11.8 Å². The highest BCUT2D eigenvalue weighted by atomic mass is 19.1. The summed E-state index contributed by atoms with van der Waals surface area (Å²) < 4.78 is 14.7. The van der Waals surface area contributed by atoms with E-state index in [1.54, 1.807) is 7.05 Å². The Hall–Kier alpha value is -2.90. The molecule has 0 aliphatic carbocycles. The number of aliphatic carboxylic acids is 1. The Morgan fingerprint density at radius 1 is 1.48 bits per heavy atom. The van der Waals surface area contributed by atoms with Gasteiger partial charge in [0.05, 0.1) is 17.4 Å². The van der Waals surface area contributed by atoms with E-state index in [1.807, 2.05) is 0 Å². The largest absolute Gasteiger partial charge is 0.479 e. The zero-order valence-electron chi connectivity index (χ0n) is 11.1. The SMILES string of the molecule is Cn1cc(C(NC(=O)c2cccc(F)c2N)C(=O)O)cn1. The van der Waals surface area contributed by atoms with Gasteiger partial charge < -0.3 is 16.2 Å². The number of hydrogen-bond acceptors (Lipinski definition) is 4. The molecule has 1 amide bonds. The van der Waals surface area contributed by atoms with Crippen molar-refractivity contribution in [3.05, 3.63) is 47.5 Å². The molecule has 2 aromatic rings. The highest BCUT2D eigenvalue weighted by molar-refractivity contribution is 6.01. The van der Waals surface area contributed by atoms with Gasteiger partial charge in [-0.2, -0.15) is 5.10 Å². The quantitative estimate of drug-likeness (QED) is 0.718. The first-order valence-corrected chi connectivity index (χ1v) is 5.96. The van der Waals surface area contributed by atoms with E-state index in [0.717, 1.165) is 6.07 Å². The Labute approximate surface area is 119 Å². The molecule has 4 N–H and O–H groups in total. The average Bonchev–Trinajstić information content (AvgIpc) is 2.84. The van der Waals surface area contributed by atoms with Gasteiger partial charge in [-0.25, -0.2) is 9.18 Å². The Morgan fingerprint density at radius 2 is 2.19 bits per heavy atom. The van der Waals surface area contributed by atoms with Gasteiger partial charge in [-0.15, -0.1) is 0 Å². The predicted molar refractivity (Wildman–Crippen MR) is 71.9 cm³/mol. The van der Waals surface area contributed by atoms with Crippen molar-refractivity contribution in [3.8, 4) is 0 Å². The summed E-state index contributed by atoms with van der Waals surface area (Å²) >= 11 is 0. The second kappa shape index (κ2) is 5.61.